The van der Waals surface area contributed by atoms with Crippen LogP contribution in [-0.2, 0) is 23.4 Å². The van der Waals surface area contributed by atoms with Crippen LogP contribution in [0.15, 0.2) is 47.4 Å². The molecule has 0 radical (unpaired) electrons. The normalized spacial score (nSPS) is 28.0. The lowest BCUT2D eigenvalue weighted by Crippen LogP contribution is -2.50. The van der Waals surface area contributed by atoms with E-state index in [1.807, 2.05) is 0 Å². The van der Waals surface area contributed by atoms with Crippen molar-refractivity contribution in [2.45, 2.75) is 63.6 Å². The van der Waals surface area contributed by atoms with E-state index in [-0.39, 0.29) is 10.4 Å². The number of esters is 1. The molecular weight excluding hydrogens is 532 g/mol. The number of aromatic amines is 1. The van der Waals surface area contributed by atoms with Crippen molar-refractivity contribution < 1.29 is 42.5 Å². The van der Waals surface area contributed by atoms with Gasteiger partial charge in [0.15, 0.2) is 6.23 Å². The maximum absolute atomic E-state index is 15.9. The van der Waals surface area contributed by atoms with Gasteiger partial charge >= 0.3 is 19.4 Å². The monoisotopic (exact) mass is 561 g/mol. The van der Waals surface area contributed by atoms with Crippen molar-refractivity contribution in [3.8, 4) is 5.75 Å². The summed E-state index contributed by atoms with van der Waals surface area (Å²) in [7, 11) is -4.52. The highest BCUT2D eigenvalue weighted by Crippen LogP contribution is 2.50. The third-order valence-electron chi connectivity index (χ3n) is 5.33. The van der Waals surface area contributed by atoms with Gasteiger partial charge in [0.25, 0.3) is 5.85 Å². The second-order valence-corrected chi connectivity index (χ2v) is 11.0. The van der Waals surface area contributed by atoms with Gasteiger partial charge in [0.2, 0.25) is 0 Å². The van der Waals surface area contributed by atoms with Crippen molar-refractivity contribution in [2.75, 3.05) is 6.61 Å². The molecule has 0 spiro atoms. The molecule has 2 heterocycles. The van der Waals surface area contributed by atoms with Crippen molar-refractivity contribution in [1.82, 2.24) is 14.6 Å². The van der Waals surface area contributed by atoms with Gasteiger partial charge in [0.1, 0.15) is 34.7 Å². The van der Waals surface area contributed by atoms with Gasteiger partial charge in [0.05, 0.1) is 6.10 Å². The molecule has 0 amide bonds. The second-order valence-electron chi connectivity index (χ2n) is 8.91. The predicted molar refractivity (Wildman–Crippen MR) is 131 cm³/mol. The molecule has 0 aliphatic carbocycles. The summed E-state index contributed by atoms with van der Waals surface area (Å²) in [6.45, 7) is 4.43. The number of H-pyrrole nitrogens is 1. The number of benzene rings is 1. The highest BCUT2D eigenvalue weighted by Gasteiger charge is 2.63. The van der Waals surface area contributed by atoms with Crippen LogP contribution in [0.5, 0.6) is 5.75 Å². The Morgan fingerprint density at radius 2 is 1.97 bits per heavy atom. The van der Waals surface area contributed by atoms with Crippen LogP contribution in [-0.4, -0.2) is 62.0 Å². The average Bonchev–Trinajstić information content (AvgIpc) is 2.98. The topological polar surface area (TPSA) is 161 Å². The number of halogens is 1. The summed E-state index contributed by atoms with van der Waals surface area (Å²) < 4.78 is 51.4. The van der Waals surface area contributed by atoms with Gasteiger partial charge in [-0.15, -0.1) is 0 Å². The summed E-state index contributed by atoms with van der Waals surface area (Å²) in [5.74, 6) is -3.86. The summed E-state index contributed by atoms with van der Waals surface area (Å²) in [4.78, 5) is 26.9. The van der Waals surface area contributed by atoms with Gasteiger partial charge in [-0.2, -0.15) is 5.09 Å². The van der Waals surface area contributed by atoms with Crippen molar-refractivity contribution in [1.29, 1.82) is 0 Å². The minimum Gasteiger partial charge on any atom is -0.462 e. The van der Waals surface area contributed by atoms with E-state index in [2.05, 4.69) is 10.1 Å². The molecule has 0 saturated carbocycles. The molecule has 37 heavy (non-hydrogen) atoms. The van der Waals surface area contributed by atoms with Crippen molar-refractivity contribution in [3.05, 3.63) is 57.7 Å². The van der Waals surface area contributed by atoms with Crippen molar-refractivity contribution in [2.24, 2.45) is 0 Å². The van der Waals surface area contributed by atoms with Gasteiger partial charge in [0, 0.05) is 6.20 Å². The van der Waals surface area contributed by atoms with Crippen molar-refractivity contribution in [3.63, 3.8) is 0 Å². The smallest absolute Gasteiger partial charge is 0.459 e. The number of rotatable bonds is 10. The molecule has 1 aromatic carbocycles. The molecule has 1 aromatic heterocycles. The van der Waals surface area contributed by atoms with Crippen LogP contribution in [0.3, 0.4) is 0 Å². The zero-order valence-corrected chi connectivity index (χ0v) is 22.2. The van der Waals surface area contributed by atoms with E-state index in [4.69, 9.17) is 30.7 Å². The van der Waals surface area contributed by atoms with Gasteiger partial charge in [-0.3, -0.25) is 18.9 Å². The van der Waals surface area contributed by atoms with Crippen LogP contribution < -0.4 is 15.3 Å². The SMILES string of the molecule is CC(C)OC(=O)[C@H](C)NP(=O)(OC[C@@]1(F)O[C@@H](n2ccc(=S)[nH]c2=O)C(C)(O)[C@H]1O)Oc1ccccc1. The fourth-order valence-electron chi connectivity index (χ4n) is 3.51. The number of aliphatic hydroxyl groups excluding tert-OH is 1. The zero-order chi connectivity index (χ0) is 27.6. The largest absolute Gasteiger partial charge is 0.462 e. The van der Waals surface area contributed by atoms with Gasteiger partial charge in [-0.05, 0) is 45.9 Å². The van der Waals surface area contributed by atoms with E-state index >= 15 is 4.39 Å². The number of alkyl halides is 1. The summed E-state index contributed by atoms with van der Waals surface area (Å²) in [5, 5.41) is 23.8. The molecule has 3 rings (SSSR count). The number of para-hydroxylation sites is 1. The van der Waals surface area contributed by atoms with E-state index < -0.39 is 61.9 Å². The Bertz CT molecular complexity index is 1270. The lowest BCUT2D eigenvalue weighted by Gasteiger charge is -2.29. The van der Waals surface area contributed by atoms with Gasteiger partial charge in [-0.25, -0.2) is 13.8 Å². The van der Waals surface area contributed by atoms with E-state index in [1.54, 1.807) is 32.0 Å². The first-order valence-corrected chi connectivity index (χ1v) is 13.2. The zero-order valence-electron chi connectivity index (χ0n) is 20.5. The number of hydrogen-bond donors (Lipinski definition) is 4. The van der Waals surface area contributed by atoms with Crippen LogP contribution in [0.4, 0.5) is 4.39 Å². The van der Waals surface area contributed by atoms with E-state index in [0.717, 1.165) is 17.7 Å². The lowest BCUT2D eigenvalue weighted by atomic mass is 9.95. The first-order chi connectivity index (χ1) is 17.2. The molecule has 15 heteroatoms. The second kappa shape index (κ2) is 11.1. The molecular formula is C22H29FN3O9PS. The Hall–Kier alpha value is -2.45. The molecule has 6 atom stereocenters. The predicted octanol–water partition coefficient (Wildman–Crippen LogP) is 2.35. The summed E-state index contributed by atoms with van der Waals surface area (Å²) in [6, 6.07) is 7.85. The van der Waals surface area contributed by atoms with Crippen LogP contribution in [0.25, 0.3) is 0 Å². The van der Waals surface area contributed by atoms with E-state index in [1.165, 1.54) is 25.1 Å². The lowest BCUT2D eigenvalue weighted by molar-refractivity contribution is -0.204. The number of aliphatic hydroxyl groups is 2. The molecule has 2 unspecified atom stereocenters. The van der Waals surface area contributed by atoms with Crippen molar-refractivity contribution >= 4 is 25.9 Å². The van der Waals surface area contributed by atoms with Crippen LogP contribution >= 0.6 is 20.0 Å². The molecule has 1 aliphatic heterocycles. The third kappa shape index (κ3) is 6.71. The van der Waals surface area contributed by atoms with Crippen LogP contribution in [0.1, 0.15) is 33.9 Å². The maximum atomic E-state index is 15.9. The number of ether oxygens (including phenoxy) is 2. The minimum absolute atomic E-state index is 0.0690. The summed E-state index contributed by atoms with van der Waals surface area (Å²) >= 11 is 4.87. The van der Waals surface area contributed by atoms with Crippen LogP contribution in [0, 0.1) is 4.64 Å². The molecule has 1 aliphatic rings. The number of nitrogens with zero attached hydrogens (tertiary/aromatic N) is 1. The number of carbonyl (C=O) groups excluding carboxylic acids is 1. The number of carbonyl (C=O) groups is 1. The Kier molecular flexibility index (Phi) is 8.75. The van der Waals surface area contributed by atoms with Gasteiger partial charge < -0.3 is 24.2 Å². The highest BCUT2D eigenvalue weighted by molar-refractivity contribution is 7.71. The third-order valence-corrected chi connectivity index (χ3v) is 7.19. The van der Waals surface area contributed by atoms with E-state index in [9.17, 15) is 24.4 Å². The fraction of sp³-hybridized carbons (Fsp3) is 0.500. The minimum atomic E-state index is -4.52. The number of nitrogens with one attached hydrogen (secondary N) is 2. The molecule has 12 nitrogen and oxygen atoms in total. The molecule has 204 valence electrons. The Morgan fingerprint density at radius 3 is 2.57 bits per heavy atom. The first-order valence-electron chi connectivity index (χ1n) is 11.2. The standard InChI is InChI=1S/C22H29FN3O9PS/c1-13(2)33-17(27)14(3)25-36(31,35-15-8-6-5-7-9-15)32-12-22(23)18(28)21(4,30)19(34-22)26-11-10-16(37)24-20(26)29/h5-11,13-14,18-19,28,30H,12H2,1-4H3,(H,25,31)(H,24,29,37)/t14-,18+,19+,21?,22+,36?/m0/s1. The summed E-state index contributed by atoms with van der Waals surface area (Å²) in [6.07, 6.45) is -3.27. The summed E-state index contributed by atoms with van der Waals surface area (Å²) in [5.41, 5.74) is -3.16. The average molecular weight is 562 g/mol. The molecule has 1 saturated heterocycles. The Labute approximate surface area is 216 Å². The molecule has 0 bridgehead atoms. The van der Waals surface area contributed by atoms with E-state index in [0.29, 0.717) is 0 Å². The van der Waals surface area contributed by atoms with Crippen LogP contribution in [0.2, 0.25) is 0 Å². The van der Waals surface area contributed by atoms with Gasteiger partial charge in [-0.1, -0.05) is 30.4 Å². The molecule has 2 aromatic rings. The number of aromatic nitrogens is 2. The molecule has 1 fully saturated rings. The Morgan fingerprint density at radius 1 is 1.32 bits per heavy atom. The highest BCUT2D eigenvalue weighted by atomic mass is 32.1. The maximum Gasteiger partial charge on any atom is 0.459 e. The number of hydrogen-bond acceptors (Lipinski definition) is 10. The Balaban J connectivity index is 1.86. The quantitative estimate of drug-likeness (QED) is 0.191. The first kappa shape index (κ1) is 29.1. The fourth-order valence-corrected chi connectivity index (χ4v) is 5.16. The molecule has 4 N–H and O–H groups in total.